The van der Waals surface area contributed by atoms with E-state index >= 15 is 9.59 Å². The number of unbranched alkanes of at least 4 members (excludes halogenated alkanes) is 60. The van der Waals surface area contributed by atoms with E-state index in [0.717, 1.165) is 98.5 Å². The zero-order valence-corrected chi connectivity index (χ0v) is 78.3. The quantitative estimate of drug-likeness (QED) is 0.0413. The van der Waals surface area contributed by atoms with Crippen LogP contribution in [-0.4, -0.2) is 24.9 Å². The predicted molar refractivity (Wildman–Crippen MR) is 506 cm³/mol. The number of hydrogen-bond acceptors (Lipinski definition) is 4. The largest absolute Gasteiger partial charge is 0.308 e. The molecule has 2 aromatic heterocycles. The van der Waals surface area contributed by atoms with E-state index in [2.05, 4.69) is 130 Å². The molecule has 2 aliphatic heterocycles. The number of benzene rings is 2. The predicted octanol–water partition coefficient (Wildman–Crippen LogP) is 35.1. The minimum atomic E-state index is 0.141. The van der Waals surface area contributed by atoms with E-state index in [9.17, 15) is 0 Å². The lowest BCUT2D eigenvalue weighted by atomic mass is 9.90. The number of rotatable bonds is 76. The zero-order valence-electron chi connectivity index (χ0n) is 73.5. The Labute approximate surface area is 716 Å². The van der Waals surface area contributed by atoms with Crippen LogP contribution in [0.15, 0.2) is 69.6 Å². The van der Waals surface area contributed by atoms with Gasteiger partial charge in [-0.2, -0.15) is 0 Å². The van der Waals surface area contributed by atoms with Gasteiger partial charge in [-0.25, -0.2) is 0 Å². The number of carbonyl (C=O) groups is 2. The molecular formula is C104H172Br2N2O2S2. The Balaban J connectivity index is 1.03. The van der Waals surface area contributed by atoms with Gasteiger partial charge in [0.2, 0.25) is 0 Å². The molecule has 636 valence electrons. The van der Waals surface area contributed by atoms with Crippen LogP contribution in [-0.2, 0) is 9.59 Å². The number of thiophene rings is 2. The average Bonchev–Trinajstić information content (AvgIpc) is 1.61. The van der Waals surface area contributed by atoms with Crippen molar-refractivity contribution in [3.63, 3.8) is 0 Å². The summed E-state index contributed by atoms with van der Waals surface area (Å²) in [7, 11) is 0. The maximum Gasteiger partial charge on any atom is 0.260 e. The Hall–Kier alpha value is -2.52. The van der Waals surface area contributed by atoms with Gasteiger partial charge in [0.05, 0.1) is 22.5 Å². The van der Waals surface area contributed by atoms with Crippen LogP contribution < -0.4 is 18.9 Å². The molecular weight excluding hydrogens is 1530 g/mol. The summed E-state index contributed by atoms with van der Waals surface area (Å²) in [5, 5.41) is 0. The van der Waals surface area contributed by atoms with Gasteiger partial charge in [-0.15, -0.1) is 22.7 Å². The smallest absolute Gasteiger partial charge is 0.260 e. The Kier molecular flexibility index (Phi) is 58.2. The first-order chi connectivity index (χ1) is 55.3. The minimum Gasteiger partial charge on any atom is -0.308 e. The third-order valence-electron chi connectivity index (χ3n) is 25.8. The lowest BCUT2D eigenvalue weighted by Gasteiger charge is -2.21. The minimum absolute atomic E-state index is 0.141. The molecule has 0 unspecified atom stereocenters. The third-order valence-corrected chi connectivity index (χ3v) is 29.1. The SMILES string of the molecule is CCCCCCCCCCCCCCCCCCC(CCCCCCCCCCCCCCCCCC)CCCN1C(=O)/C(=c2\cc/c(=c3\cc/c(=C4\C(=O)N(CCCC(CCCCCCCCCCCCCCCCCC)CCCCCCCCCCCCCCCCCC)c5cc(Br)ccc54)s3)s2)c2ccc(Br)cc21. The van der Waals surface area contributed by atoms with Crippen LogP contribution >= 0.6 is 54.5 Å². The summed E-state index contributed by atoms with van der Waals surface area (Å²) in [5.41, 5.74) is 5.85. The van der Waals surface area contributed by atoms with Crippen molar-refractivity contribution in [1.82, 2.24) is 0 Å². The summed E-state index contributed by atoms with van der Waals surface area (Å²) in [6, 6.07) is 21.7. The Morgan fingerprint density at radius 1 is 0.241 bits per heavy atom. The Morgan fingerprint density at radius 3 is 0.643 bits per heavy atom. The van der Waals surface area contributed by atoms with Crippen LogP contribution in [0.1, 0.15) is 501 Å². The van der Waals surface area contributed by atoms with E-state index in [1.165, 1.54) is 449 Å². The van der Waals surface area contributed by atoms with Crippen LogP contribution in [0.3, 0.4) is 0 Å². The second-order valence-electron chi connectivity index (χ2n) is 35.7. The Bertz CT molecular complexity index is 2920. The van der Waals surface area contributed by atoms with Gasteiger partial charge in [-0.1, -0.05) is 508 Å². The van der Waals surface area contributed by atoms with Gasteiger partial charge < -0.3 is 9.80 Å². The first-order valence-corrected chi connectivity index (χ1v) is 52.7. The molecule has 4 nitrogen and oxygen atoms in total. The molecule has 4 aromatic rings. The van der Waals surface area contributed by atoms with E-state index in [-0.39, 0.29) is 11.8 Å². The molecule has 0 spiro atoms. The van der Waals surface area contributed by atoms with Gasteiger partial charge in [0.1, 0.15) is 0 Å². The third kappa shape index (κ3) is 42.4. The molecule has 0 radical (unpaired) electrons. The number of fused-ring (bicyclic) bond motifs is 2. The van der Waals surface area contributed by atoms with Crippen molar-refractivity contribution in [2.45, 2.75) is 490 Å². The van der Waals surface area contributed by atoms with Crippen LogP contribution in [0.2, 0.25) is 0 Å². The lowest BCUT2D eigenvalue weighted by Crippen LogP contribution is -2.29. The second-order valence-corrected chi connectivity index (χ2v) is 39.7. The molecule has 2 aromatic carbocycles. The molecule has 0 atom stereocenters. The molecule has 0 saturated carbocycles. The first kappa shape index (κ1) is 98.3. The molecule has 2 aliphatic rings. The topological polar surface area (TPSA) is 40.6 Å². The maximum atomic E-state index is 15.0. The van der Waals surface area contributed by atoms with E-state index in [1.807, 2.05) is 0 Å². The van der Waals surface area contributed by atoms with E-state index in [1.54, 1.807) is 22.7 Å². The number of nitrogens with zero attached hydrogens (tertiary/aromatic N) is 2. The summed E-state index contributed by atoms with van der Waals surface area (Å²) in [6.45, 7) is 10.8. The highest BCUT2D eigenvalue weighted by Gasteiger charge is 2.35. The Morgan fingerprint density at radius 2 is 0.429 bits per heavy atom. The normalized spacial score (nSPS) is 14.3. The monoisotopic (exact) mass is 1700 g/mol. The lowest BCUT2D eigenvalue weighted by molar-refractivity contribution is -0.113. The van der Waals surface area contributed by atoms with Crippen molar-refractivity contribution in [2.24, 2.45) is 11.8 Å². The van der Waals surface area contributed by atoms with Gasteiger partial charge in [0.15, 0.2) is 0 Å². The fourth-order valence-corrected chi connectivity index (χ4v) is 21.5. The molecule has 2 amide bonds. The van der Waals surface area contributed by atoms with Crippen molar-refractivity contribution < 1.29 is 9.59 Å². The van der Waals surface area contributed by atoms with Gasteiger partial charge in [0.25, 0.3) is 11.8 Å². The number of halogens is 2. The summed E-state index contributed by atoms with van der Waals surface area (Å²) in [6.07, 6.45) is 100. The number of carbonyl (C=O) groups excluding carboxylic acids is 2. The highest BCUT2D eigenvalue weighted by molar-refractivity contribution is 9.10. The van der Waals surface area contributed by atoms with Crippen molar-refractivity contribution in [3.8, 4) is 0 Å². The van der Waals surface area contributed by atoms with Crippen molar-refractivity contribution >= 4 is 88.9 Å². The maximum absolute atomic E-state index is 15.0. The number of hydrogen-bond donors (Lipinski definition) is 0. The first-order valence-electron chi connectivity index (χ1n) is 49.5. The standard InChI is InChI=1S/C104H172Br2N2O2S2/c1-5-9-13-17-21-25-29-33-37-41-45-49-53-57-61-65-71-89(72-66-62-58-54-50-46-42-38-34-30-26-22-18-14-10-6-2)75-69-85-107-95-87-91(105)77-79-93(95)101(103(107)109)99-83-81-97(111-99)98-82-84-100(112-98)102-94-80-78-92(106)88-96(94)108(104(102)110)86-70-76-90(73-67-63-59-55-51-47-43-39-35-31-27-23-19-15-11-7-3)74-68-64-60-56-52-48-44-40-36-32-28-24-20-16-12-8-4/h77-84,87-90H,5-76,85-86H2,1-4H3/b98-97-,101-99+,102-100+. The number of anilines is 2. The van der Waals surface area contributed by atoms with Gasteiger partial charge in [-0.05, 0) is 86.1 Å². The van der Waals surface area contributed by atoms with Crippen LogP contribution in [0.4, 0.5) is 11.4 Å². The summed E-state index contributed by atoms with van der Waals surface area (Å²) in [4.78, 5) is 34.3. The highest BCUT2D eigenvalue weighted by atomic mass is 79.9. The van der Waals surface area contributed by atoms with E-state index in [4.69, 9.17) is 0 Å². The average molecular weight is 1710 g/mol. The molecule has 6 rings (SSSR count). The molecule has 4 heterocycles. The van der Waals surface area contributed by atoms with Gasteiger partial charge in [0, 0.05) is 51.3 Å². The van der Waals surface area contributed by atoms with Crippen LogP contribution in [0.5, 0.6) is 0 Å². The van der Waals surface area contributed by atoms with Crippen molar-refractivity contribution in [3.05, 3.63) is 98.9 Å². The molecule has 112 heavy (non-hydrogen) atoms. The fraction of sp³-hybridized carbons (Fsp3) is 0.769. The molecule has 0 aliphatic carbocycles. The summed E-state index contributed by atoms with van der Waals surface area (Å²) < 4.78 is 6.39. The molecule has 0 N–H and O–H groups in total. The fourth-order valence-electron chi connectivity index (χ4n) is 18.6. The van der Waals surface area contributed by atoms with Gasteiger partial charge >= 0.3 is 0 Å². The number of amides is 2. The summed E-state index contributed by atoms with van der Waals surface area (Å²) in [5.74, 6) is 1.75. The second kappa shape index (κ2) is 66.3. The van der Waals surface area contributed by atoms with Gasteiger partial charge in [-0.3, -0.25) is 9.59 Å². The van der Waals surface area contributed by atoms with Crippen molar-refractivity contribution in [2.75, 3.05) is 22.9 Å². The highest BCUT2D eigenvalue weighted by Crippen LogP contribution is 2.41. The molecule has 8 heteroatoms. The zero-order chi connectivity index (χ0) is 79.2. The molecule has 0 saturated heterocycles. The molecule has 0 bridgehead atoms. The van der Waals surface area contributed by atoms with E-state index in [0.29, 0.717) is 0 Å². The summed E-state index contributed by atoms with van der Waals surface area (Å²) >= 11 is 11.1. The van der Waals surface area contributed by atoms with Crippen LogP contribution in [0, 0.1) is 20.9 Å². The van der Waals surface area contributed by atoms with Crippen molar-refractivity contribution in [1.29, 1.82) is 0 Å². The van der Waals surface area contributed by atoms with E-state index < -0.39 is 0 Å². The van der Waals surface area contributed by atoms with Crippen LogP contribution in [0.25, 0.3) is 11.1 Å². The molecule has 0 fully saturated rings.